The zero-order chi connectivity index (χ0) is 17.9. The van der Waals surface area contributed by atoms with E-state index in [-0.39, 0.29) is 0 Å². The molecule has 0 unspecified atom stereocenters. The lowest BCUT2D eigenvalue weighted by atomic mass is 10.2. The average molecular weight is 397 g/mol. The Balaban J connectivity index is 1.65. The van der Waals surface area contributed by atoms with E-state index in [1.165, 1.54) is 9.60 Å². The van der Waals surface area contributed by atoms with Crippen LogP contribution < -0.4 is 4.31 Å². The van der Waals surface area contributed by atoms with Gasteiger partial charge in [-0.2, -0.15) is 5.26 Å². The molecule has 1 aromatic carbocycles. The Labute approximate surface area is 164 Å². The largest absolute Gasteiger partial charge is 0.351 e. The van der Waals surface area contributed by atoms with E-state index in [1.807, 2.05) is 6.20 Å². The highest BCUT2D eigenvalue weighted by molar-refractivity contribution is 8.02. The highest BCUT2D eigenvalue weighted by atomic mass is 32.2. The van der Waals surface area contributed by atoms with E-state index in [4.69, 9.17) is 5.26 Å². The van der Waals surface area contributed by atoms with Crippen molar-refractivity contribution in [2.75, 3.05) is 11.4 Å². The zero-order valence-electron chi connectivity index (χ0n) is 14.1. The van der Waals surface area contributed by atoms with Crippen LogP contribution in [0, 0.1) is 11.3 Å². The van der Waals surface area contributed by atoms with E-state index in [0.29, 0.717) is 6.42 Å². The van der Waals surface area contributed by atoms with Crippen molar-refractivity contribution in [2.45, 2.75) is 17.1 Å². The van der Waals surface area contributed by atoms with Crippen molar-refractivity contribution in [3.63, 3.8) is 0 Å². The number of thiazole rings is 1. The van der Waals surface area contributed by atoms with Gasteiger partial charge in [-0.3, -0.25) is 0 Å². The molecule has 0 saturated heterocycles. The molecule has 0 amide bonds. The number of nitrogens with one attached hydrogen (secondary N) is 1. The van der Waals surface area contributed by atoms with Crippen LogP contribution in [-0.2, 0) is 6.42 Å². The number of nitriles is 1. The molecule has 0 saturated carbocycles. The van der Waals surface area contributed by atoms with Gasteiger partial charge in [0.05, 0.1) is 27.2 Å². The molecular formula is C19H16N4S3. The summed E-state index contributed by atoms with van der Waals surface area (Å²) >= 11 is 5.12. The Morgan fingerprint density at radius 3 is 3.04 bits per heavy atom. The van der Waals surface area contributed by atoms with Gasteiger partial charge in [0.1, 0.15) is 5.01 Å². The van der Waals surface area contributed by atoms with E-state index in [9.17, 15) is 0 Å². The first-order chi connectivity index (χ1) is 12.7. The summed E-state index contributed by atoms with van der Waals surface area (Å²) in [6.07, 6.45) is 3.17. The quantitative estimate of drug-likeness (QED) is 0.409. The van der Waals surface area contributed by atoms with Gasteiger partial charge in [0, 0.05) is 29.9 Å². The first kappa shape index (κ1) is 17.2. The molecule has 0 aliphatic rings. The number of aromatic nitrogens is 2. The Morgan fingerprint density at radius 2 is 2.23 bits per heavy atom. The highest BCUT2D eigenvalue weighted by Gasteiger charge is 2.13. The van der Waals surface area contributed by atoms with E-state index < -0.39 is 0 Å². The third kappa shape index (κ3) is 3.49. The number of fused-ring (bicyclic) bond motifs is 1. The van der Waals surface area contributed by atoms with Crippen molar-refractivity contribution in [3.8, 4) is 16.8 Å². The molecule has 0 aliphatic heterocycles. The summed E-state index contributed by atoms with van der Waals surface area (Å²) in [6, 6.07) is 14.9. The van der Waals surface area contributed by atoms with Gasteiger partial charge in [0.2, 0.25) is 0 Å². The molecule has 3 heterocycles. The predicted molar refractivity (Wildman–Crippen MR) is 112 cm³/mol. The summed E-state index contributed by atoms with van der Waals surface area (Å²) < 4.78 is 3.45. The van der Waals surface area contributed by atoms with Crippen LogP contribution in [0.2, 0.25) is 0 Å². The van der Waals surface area contributed by atoms with Crippen molar-refractivity contribution in [1.29, 1.82) is 5.26 Å². The number of hydrogen-bond donors (Lipinski definition) is 1. The first-order valence-electron chi connectivity index (χ1n) is 8.13. The molecule has 4 aromatic rings. The van der Waals surface area contributed by atoms with Gasteiger partial charge in [-0.05, 0) is 41.9 Å². The third-order valence-corrected chi connectivity index (χ3v) is 7.01. The van der Waals surface area contributed by atoms with Crippen molar-refractivity contribution < 1.29 is 0 Å². The van der Waals surface area contributed by atoms with Crippen molar-refractivity contribution in [1.82, 2.24) is 9.97 Å². The lowest BCUT2D eigenvalue weighted by Gasteiger charge is -2.17. The minimum Gasteiger partial charge on any atom is -0.351 e. The molecular weight excluding hydrogens is 380 g/mol. The lowest BCUT2D eigenvalue weighted by molar-refractivity contribution is 1.03. The summed E-state index contributed by atoms with van der Waals surface area (Å²) in [6.45, 7) is 0. The van der Waals surface area contributed by atoms with Crippen LogP contribution in [0.5, 0.6) is 0 Å². The van der Waals surface area contributed by atoms with Crippen molar-refractivity contribution in [2.24, 2.45) is 0 Å². The Bertz CT molecular complexity index is 1060. The normalized spacial score (nSPS) is 10.9. The van der Waals surface area contributed by atoms with E-state index in [0.717, 1.165) is 33.2 Å². The van der Waals surface area contributed by atoms with Gasteiger partial charge < -0.3 is 9.29 Å². The third-order valence-electron chi connectivity index (χ3n) is 3.96. The molecule has 1 N–H and O–H groups in total. The first-order valence-corrected chi connectivity index (χ1v) is 10.6. The molecule has 0 spiro atoms. The number of thiophene rings is 1. The molecule has 3 aromatic heterocycles. The van der Waals surface area contributed by atoms with Crippen molar-refractivity contribution >= 4 is 51.2 Å². The molecule has 0 bridgehead atoms. The fraction of sp³-hybridized carbons (Fsp3) is 0.158. The maximum Gasteiger partial charge on any atom is 0.139 e. The van der Waals surface area contributed by atoms with E-state index >= 15 is 0 Å². The zero-order valence-corrected chi connectivity index (χ0v) is 16.5. The van der Waals surface area contributed by atoms with Crippen LogP contribution in [0.15, 0.2) is 52.2 Å². The SMILES string of the molecule is CN(Sc1cccs1)c1cccc2cc(-c3ncc(CCC#N)s3)[nH]c12. The minimum atomic E-state index is 0.531. The van der Waals surface area contributed by atoms with Crippen LogP contribution in [0.3, 0.4) is 0 Å². The smallest absolute Gasteiger partial charge is 0.139 e. The summed E-state index contributed by atoms with van der Waals surface area (Å²) in [5, 5.41) is 13.0. The highest BCUT2D eigenvalue weighted by Crippen LogP contribution is 2.36. The number of aromatic amines is 1. The lowest BCUT2D eigenvalue weighted by Crippen LogP contribution is -2.05. The predicted octanol–water partition coefficient (Wildman–Crippen LogP) is 5.95. The summed E-state index contributed by atoms with van der Waals surface area (Å²) in [5.74, 6) is 0. The van der Waals surface area contributed by atoms with Gasteiger partial charge in [-0.25, -0.2) is 4.98 Å². The Kier molecular flexibility index (Phi) is 4.98. The fourth-order valence-electron chi connectivity index (χ4n) is 2.74. The molecule has 0 aliphatic carbocycles. The van der Waals surface area contributed by atoms with Gasteiger partial charge in [0.15, 0.2) is 0 Å². The van der Waals surface area contributed by atoms with Crippen LogP contribution in [0.1, 0.15) is 11.3 Å². The molecule has 7 heteroatoms. The van der Waals surface area contributed by atoms with Crippen molar-refractivity contribution in [3.05, 3.63) is 52.9 Å². The molecule has 4 rings (SSSR count). The summed E-state index contributed by atoms with van der Waals surface area (Å²) in [4.78, 5) is 9.22. The second kappa shape index (κ2) is 7.54. The molecule has 4 nitrogen and oxygen atoms in total. The maximum atomic E-state index is 8.74. The minimum absolute atomic E-state index is 0.531. The Morgan fingerprint density at radius 1 is 1.31 bits per heavy atom. The van der Waals surface area contributed by atoms with Gasteiger partial charge in [-0.15, -0.1) is 22.7 Å². The molecule has 0 atom stereocenters. The molecule has 26 heavy (non-hydrogen) atoms. The second-order valence-electron chi connectivity index (χ2n) is 5.74. The number of benzene rings is 1. The number of aryl methyl sites for hydroxylation is 1. The van der Waals surface area contributed by atoms with E-state index in [1.54, 1.807) is 34.6 Å². The number of H-pyrrole nitrogens is 1. The number of para-hydroxylation sites is 1. The number of hydrogen-bond acceptors (Lipinski definition) is 6. The average Bonchev–Trinajstić information content (AvgIpc) is 3.38. The molecule has 0 fully saturated rings. The standard InChI is InChI=1S/C19H16N4S3/c1-23(26-17-8-4-10-24-17)16-7-2-5-13-11-15(22-18(13)16)19-21-12-14(25-19)6-3-9-20/h2,4-5,7-8,10-12,22H,3,6H2,1H3. The number of anilines is 1. The molecule has 130 valence electrons. The van der Waals surface area contributed by atoms with Crippen LogP contribution in [-0.4, -0.2) is 17.0 Å². The topological polar surface area (TPSA) is 55.7 Å². The second-order valence-corrected chi connectivity index (χ2v) is 9.23. The van der Waals surface area contributed by atoms with Gasteiger partial charge in [0.25, 0.3) is 0 Å². The Hall–Kier alpha value is -2.27. The van der Waals surface area contributed by atoms with Gasteiger partial charge >= 0.3 is 0 Å². The molecule has 0 radical (unpaired) electrons. The fourth-order valence-corrected chi connectivity index (χ4v) is 5.41. The monoisotopic (exact) mass is 396 g/mol. The van der Waals surface area contributed by atoms with E-state index in [2.05, 4.69) is 69.2 Å². The van der Waals surface area contributed by atoms with Gasteiger partial charge in [-0.1, -0.05) is 18.2 Å². The van der Waals surface area contributed by atoms with Crippen LogP contribution >= 0.6 is 34.6 Å². The summed E-state index contributed by atoms with van der Waals surface area (Å²) in [7, 11) is 2.09. The summed E-state index contributed by atoms with van der Waals surface area (Å²) in [5.41, 5.74) is 3.28. The number of rotatable bonds is 6. The van der Waals surface area contributed by atoms with Crippen LogP contribution in [0.4, 0.5) is 5.69 Å². The van der Waals surface area contributed by atoms with Crippen LogP contribution in [0.25, 0.3) is 21.6 Å². The maximum absolute atomic E-state index is 8.74. The number of nitrogens with zero attached hydrogens (tertiary/aromatic N) is 3.